The maximum absolute atomic E-state index is 13.9. The monoisotopic (exact) mass is 432 g/mol. The van der Waals surface area contributed by atoms with Gasteiger partial charge in [-0.05, 0) is 54.7 Å². The van der Waals surface area contributed by atoms with Crippen LogP contribution in [0.3, 0.4) is 0 Å². The van der Waals surface area contributed by atoms with Crippen molar-refractivity contribution in [2.45, 2.75) is 47.1 Å². The fraction of sp³-hybridized carbons (Fsp3) is 0.259. The molecule has 0 radical (unpaired) electrons. The molecule has 5 heteroatoms. The number of carbonyl (C=O) groups is 1. The number of aromatic amines is 1. The van der Waals surface area contributed by atoms with Gasteiger partial charge in [0.25, 0.3) is 5.56 Å². The Bertz CT molecular complexity index is 1310. The highest BCUT2D eigenvalue weighted by Gasteiger charge is 2.24. The SMILES string of the molecule is C=C(CC)/C(=C\C=C/C)c1c(C(C)=O)n(Cc2cc(F)c[nH]c2=O)c2ccc(CC)cc12. The zero-order valence-corrected chi connectivity index (χ0v) is 19.1. The number of nitrogens with one attached hydrogen (secondary N) is 1. The summed E-state index contributed by atoms with van der Waals surface area (Å²) >= 11 is 0. The average molecular weight is 433 g/mol. The minimum absolute atomic E-state index is 0.0828. The molecule has 1 aromatic carbocycles. The molecule has 3 aromatic rings. The number of hydrogen-bond acceptors (Lipinski definition) is 2. The maximum Gasteiger partial charge on any atom is 0.253 e. The molecule has 0 aliphatic heterocycles. The molecule has 0 aliphatic rings. The van der Waals surface area contributed by atoms with Gasteiger partial charge in [-0.3, -0.25) is 9.59 Å². The highest BCUT2D eigenvalue weighted by atomic mass is 19.1. The zero-order valence-electron chi connectivity index (χ0n) is 19.1. The van der Waals surface area contributed by atoms with Crippen LogP contribution in [0.5, 0.6) is 0 Å². The van der Waals surface area contributed by atoms with E-state index in [1.807, 2.05) is 48.8 Å². The number of benzene rings is 1. The summed E-state index contributed by atoms with van der Waals surface area (Å²) in [6.45, 7) is 11.9. The lowest BCUT2D eigenvalue weighted by Gasteiger charge is -2.13. The number of ketones is 1. The number of fused-ring (bicyclic) bond motifs is 1. The molecule has 2 heterocycles. The summed E-state index contributed by atoms with van der Waals surface area (Å²) in [4.78, 5) is 27.8. The van der Waals surface area contributed by atoms with E-state index in [1.54, 1.807) is 0 Å². The fourth-order valence-electron chi connectivity index (χ4n) is 3.97. The number of Topliss-reactive ketones (excluding diaryl/α,β-unsaturated/α-hetero) is 1. The van der Waals surface area contributed by atoms with Crippen molar-refractivity contribution in [1.29, 1.82) is 0 Å². The van der Waals surface area contributed by atoms with Crippen molar-refractivity contribution in [3.05, 3.63) is 99.4 Å². The molecule has 0 fully saturated rings. The van der Waals surface area contributed by atoms with Crippen LogP contribution in [0, 0.1) is 5.82 Å². The summed E-state index contributed by atoms with van der Waals surface area (Å²) in [6, 6.07) is 7.30. The molecular formula is C27H29FN2O2. The second-order valence-corrected chi connectivity index (χ2v) is 7.81. The molecule has 0 amide bonds. The summed E-state index contributed by atoms with van der Waals surface area (Å²) in [5.41, 5.74) is 4.93. The maximum atomic E-state index is 13.9. The van der Waals surface area contributed by atoms with E-state index in [9.17, 15) is 14.0 Å². The minimum atomic E-state index is -0.526. The molecule has 1 N–H and O–H groups in total. The number of nitrogens with zero attached hydrogens (tertiary/aromatic N) is 1. The number of carbonyl (C=O) groups excluding carboxylic acids is 1. The lowest BCUT2D eigenvalue weighted by Crippen LogP contribution is -2.18. The molecule has 0 saturated heterocycles. The third-order valence-electron chi connectivity index (χ3n) is 5.68. The van der Waals surface area contributed by atoms with Gasteiger partial charge in [0.2, 0.25) is 0 Å². The predicted octanol–water partition coefficient (Wildman–Crippen LogP) is 6.21. The highest BCUT2D eigenvalue weighted by molar-refractivity contribution is 6.09. The quantitative estimate of drug-likeness (QED) is 0.340. The van der Waals surface area contributed by atoms with Crippen molar-refractivity contribution in [3.8, 4) is 0 Å². The summed E-state index contributed by atoms with van der Waals surface area (Å²) in [5.74, 6) is -0.653. The van der Waals surface area contributed by atoms with E-state index in [0.29, 0.717) is 5.69 Å². The number of H-pyrrole nitrogens is 1. The van der Waals surface area contributed by atoms with E-state index in [0.717, 1.165) is 52.2 Å². The van der Waals surface area contributed by atoms with Gasteiger partial charge in [-0.15, -0.1) is 0 Å². The van der Waals surface area contributed by atoms with E-state index in [2.05, 4.69) is 24.6 Å². The number of allylic oxidation sites excluding steroid dienone is 5. The number of pyridine rings is 1. The van der Waals surface area contributed by atoms with Crippen molar-refractivity contribution in [1.82, 2.24) is 9.55 Å². The number of aryl methyl sites for hydroxylation is 1. The van der Waals surface area contributed by atoms with Gasteiger partial charge in [-0.25, -0.2) is 4.39 Å². The molecule has 32 heavy (non-hydrogen) atoms. The Morgan fingerprint density at radius 1 is 1.25 bits per heavy atom. The zero-order chi connectivity index (χ0) is 23.4. The van der Waals surface area contributed by atoms with Crippen LogP contribution in [-0.4, -0.2) is 15.3 Å². The second-order valence-electron chi connectivity index (χ2n) is 7.81. The normalized spacial score (nSPS) is 12.1. The smallest absolute Gasteiger partial charge is 0.253 e. The van der Waals surface area contributed by atoms with Crippen molar-refractivity contribution in [3.63, 3.8) is 0 Å². The lowest BCUT2D eigenvalue weighted by atomic mass is 9.92. The van der Waals surface area contributed by atoms with Gasteiger partial charge in [0.1, 0.15) is 5.82 Å². The van der Waals surface area contributed by atoms with Crippen LogP contribution >= 0.6 is 0 Å². The number of hydrogen-bond donors (Lipinski definition) is 1. The summed E-state index contributed by atoms with van der Waals surface area (Å²) in [6.07, 6.45) is 8.45. The second kappa shape index (κ2) is 9.77. The largest absolute Gasteiger partial charge is 0.333 e. The first kappa shape index (κ1) is 23.2. The van der Waals surface area contributed by atoms with Gasteiger partial charge in [0.05, 0.1) is 12.2 Å². The summed E-state index contributed by atoms with van der Waals surface area (Å²) in [7, 11) is 0. The number of aromatic nitrogens is 2. The van der Waals surface area contributed by atoms with Crippen LogP contribution in [0.15, 0.2) is 65.6 Å². The molecule has 0 unspecified atom stereocenters. The average Bonchev–Trinajstić information content (AvgIpc) is 3.09. The molecule has 0 atom stereocenters. The Kier molecular flexibility index (Phi) is 7.08. The van der Waals surface area contributed by atoms with Crippen LogP contribution in [0.25, 0.3) is 16.5 Å². The Morgan fingerprint density at radius 3 is 2.62 bits per heavy atom. The van der Waals surface area contributed by atoms with Crippen LogP contribution in [0.4, 0.5) is 4.39 Å². The highest BCUT2D eigenvalue weighted by Crippen LogP contribution is 2.37. The molecule has 166 valence electrons. The van der Waals surface area contributed by atoms with E-state index in [1.165, 1.54) is 13.0 Å². The summed E-state index contributed by atoms with van der Waals surface area (Å²) < 4.78 is 15.7. The molecule has 3 rings (SSSR count). The third kappa shape index (κ3) is 4.42. The van der Waals surface area contributed by atoms with Gasteiger partial charge in [0, 0.05) is 35.2 Å². The molecule has 0 aliphatic carbocycles. The molecule has 4 nitrogen and oxygen atoms in total. The van der Waals surface area contributed by atoms with Crippen LogP contribution < -0.4 is 5.56 Å². The van der Waals surface area contributed by atoms with Gasteiger partial charge < -0.3 is 9.55 Å². The molecule has 0 spiro atoms. The van der Waals surface area contributed by atoms with Crippen LogP contribution in [-0.2, 0) is 13.0 Å². The Labute approximate surface area is 187 Å². The van der Waals surface area contributed by atoms with Gasteiger partial charge in [-0.2, -0.15) is 0 Å². The van der Waals surface area contributed by atoms with E-state index >= 15 is 0 Å². The van der Waals surface area contributed by atoms with Crippen molar-refractivity contribution < 1.29 is 9.18 Å². The molecule has 0 bridgehead atoms. The number of halogens is 1. The van der Waals surface area contributed by atoms with Crippen molar-refractivity contribution in [2.75, 3.05) is 0 Å². The Hall–Kier alpha value is -3.47. The first-order valence-electron chi connectivity index (χ1n) is 10.9. The first-order chi connectivity index (χ1) is 15.3. The van der Waals surface area contributed by atoms with Crippen LogP contribution in [0.1, 0.15) is 61.3 Å². The van der Waals surface area contributed by atoms with E-state index in [4.69, 9.17) is 0 Å². The topological polar surface area (TPSA) is 54.9 Å². The van der Waals surface area contributed by atoms with Crippen molar-refractivity contribution >= 4 is 22.3 Å². The van der Waals surface area contributed by atoms with E-state index < -0.39 is 5.82 Å². The number of rotatable bonds is 8. The predicted molar refractivity (Wildman–Crippen MR) is 130 cm³/mol. The van der Waals surface area contributed by atoms with Gasteiger partial charge in [-0.1, -0.05) is 44.7 Å². The standard InChI is InChI=1S/C27H29FN2O2/c1-6-9-10-22(17(4)7-2)25-23-13-19(8-3)11-12-24(23)30(26(25)18(5)31)16-20-14-21(28)15-29-27(20)32/h6,9-15H,4,7-8,16H2,1-3,5H3,(H,29,32)/b9-6-,22-10+. The Balaban J connectivity index is 2.44. The Morgan fingerprint density at radius 2 is 2.00 bits per heavy atom. The fourth-order valence-corrected chi connectivity index (χ4v) is 3.97. The van der Waals surface area contributed by atoms with Gasteiger partial charge in [0.15, 0.2) is 5.78 Å². The molecule has 0 saturated carbocycles. The minimum Gasteiger partial charge on any atom is -0.333 e. The molecular weight excluding hydrogens is 403 g/mol. The van der Waals surface area contributed by atoms with Crippen molar-refractivity contribution in [2.24, 2.45) is 0 Å². The summed E-state index contributed by atoms with van der Waals surface area (Å²) in [5, 5.41) is 0.924. The third-order valence-corrected chi connectivity index (χ3v) is 5.68. The molecule has 2 aromatic heterocycles. The van der Waals surface area contributed by atoms with E-state index in [-0.39, 0.29) is 23.5 Å². The first-order valence-corrected chi connectivity index (χ1v) is 10.9. The van der Waals surface area contributed by atoms with Gasteiger partial charge >= 0.3 is 0 Å². The lowest BCUT2D eigenvalue weighted by molar-refractivity contribution is 0.100. The van der Waals surface area contributed by atoms with Crippen LogP contribution in [0.2, 0.25) is 0 Å².